The number of allylic oxidation sites excluding steroid dienone is 1. The highest BCUT2D eigenvalue weighted by Crippen LogP contribution is 2.53. The second-order valence-corrected chi connectivity index (χ2v) is 29.9. The zero-order chi connectivity index (χ0) is 58.7. The summed E-state index contributed by atoms with van der Waals surface area (Å²) in [5, 5.41) is 11.9. The van der Waals surface area contributed by atoms with E-state index >= 15 is 4.79 Å². The molecule has 7 rings (SSSR count). The number of thioether (sulfide) groups is 5. The first-order chi connectivity index (χ1) is 39.6. The van der Waals surface area contributed by atoms with Crippen LogP contribution in [0.2, 0.25) is 0 Å². The highest BCUT2D eigenvalue weighted by Gasteiger charge is 2.45. The maximum Gasteiger partial charge on any atom is 0.323 e. The van der Waals surface area contributed by atoms with Crippen molar-refractivity contribution in [3.05, 3.63) is 185 Å². The Hall–Kier alpha value is -2.93. The van der Waals surface area contributed by atoms with Crippen LogP contribution in [0.4, 0.5) is 0 Å². The molecule has 0 radical (unpaired) electrons. The molecule has 1 aliphatic carbocycles. The number of aryl methyl sites for hydroxylation is 2. The second kappa shape index (κ2) is 36.3. The van der Waals surface area contributed by atoms with E-state index in [2.05, 4.69) is 170 Å². The lowest BCUT2D eigenvalue weighted by atomic mass is 9.94. The van der Waals surface area contributed by atoms with Gasteiger partial charge in [0.15, 0.2) is 0 Å². The Morgan fingerprint density at radius 2 is 1.40 bits per heavy atom. The van der Waals surface area contributed by atoms with Crippen LogP contribution in [0.25, 0.3) is 5.57 Å². The van der Waals surface area contributed by atoms with Gasteiger partial charge in [-0.15, -0.1) is 47.0 Å². The van der Waals surface area contributed by atoms with Gasteiger partial charge in [-0.2, -0.15) is 37.0 Å². The lowest BCUT2D eigenvalue weighted by molar-refractivity contribution is -0.155. The van der Waals surface area contributed by atoms with Gasteiger partial charge in [0.2, 0.25) is 0 Å². The van der Waals surface area contributed by atoms with Crippen molar-refractivity contribution >= 4 is 102 Å². The molecule has 15 heteroatoms. The number of rotatable bonds is 29. The molecule has 1 heterocycles. The number of thiol groups is 2. The third-order valence-corrected chi connectivity index (χ3v) is 22.9. The Labute approximate surface area is 525 Å². The lowest BCUT2D eigenvalue weighted by Crippen LogP contribution is -2.61. The summed E-state index contributed by atoms with van der Waals surface area (Å²) in [5.74, 6) is 2.47. The number of nitrogens with one attached hydrogen (secondary N) is 3. The molecule has 0 aromatic heterocycles. The van der Waals surface area contributed by atoms with Crippen LogP contribution in [-0.2, 0) is 19.1 Å². The molecule has 5 N–H and O–H groups in total. The molecule has 5 aromatic carbocycles. The largest absolute Gasteiger partial charge is 0.461 e. The molecule has 2 fully saturated rings. The Balaban J connectivity index is 0.00000143. The van der Waals surface area contributed by atoms with E-state index in [1.807, 2.05) is 80.3 Å². The van der Waals surface area contributed by atoms with E-state index in [4.69, 9.17) is 40.5 Å². The fourth-order valence-electron chi connectivity index (χ4n) is 10.3. The van der Waals surface area contributed by atoms with Gasteiger partial charge < -0.3 is 15.2 Å². The molecule has 1 saturated heterocycles. The molecule has 446 valence electrons. The van der Waals surface area contributed by atoms with Crippen LogP contribution in [-0.4, -0.2) is 92.5 Å². The summed E-state index contributed by atoms with van der Waals surface area (Å²) in [6.45, 7) is 12.5. The van der Waals surface area contributed by atoms with Gasteiger partial charge in [0.05, 0.1) is 17.2 Å². The normalized spacial score (nSPS) is 19.5. The molecule has 9 atom stereocenters. The average Bonchev–Trinajstić information content (AvgIpc) is 3.89. The molecule has 8 nitrogen and oxygen atoms in total. The Morgan fingerprint density at radius 3 is 1.98 bits per heavy atom. The zero-order valence-corrected chi connectivity index (χ0v) is 55.3. The molecule has 5 unspecified atom stereocenters. The second-order valence-electron chi connectivity index (χ2n) is 22.3. The molecule has 1 aliphatic heterocycles. The molecular weight excluding hydrogens is 1150 g/mol. The highest BCUT2D eigenvalue weighted by molar-refractivity contribution is 8.21. The molecule has 82 heavy (non-hydrogen) atoms. The Bertz CT molecular complexity index is 2630. The predicted molar refractivity (Wildman–Crippen MR) is 367 cm³/mol. The summed E-state index contributed by atoms with van der Waals surface area (Å²) in [5.41, 5.74) is 14.5. The number of ether oxygens (including phenoxy) is 2. The molecule has 0 spiro atoms. The van der Waals surface area contributed by atoms with Crippen molar-refractivity contribution in [2.45, 2.75) is 166 Å². The molecule has 1 saturated carbocycles. The van der Waals surface area contributed by atoms with Crippen LogP contribution in [0.3, 0.4) is 0 Å². The van der Waals surface area contributed by atoms with Crippen molar-refractivity contribution in [2.75, 3.05) is 35.8 Å². The lowest BCUT2D eigenvalue weighted by Gasteiger charge is -2.41. The highest BCUT2D eigenvalue weighted by atomic mass is 32.2. The summed E-state index contributed by atoms with van der Waals surface area (Å²) in [6.07, 6.45) is 12.7. The van der Waals surface area contributed by atoms with Crippen LogP contribution >= 0.6 is 84.1 Å². The first-order valence-electron chi connectivity index (χ1n) is 29.3. The van der Waals surface area contributed by atoms with Gasteiger partial charge in [0.1, 0.15) is 21.9 Å². The van der Waals surface area contributed by atoms with E-state index in [9.17, 15) is 4.79 Å². The van der Waals surface area contributed by atoms with Crippen molar-refractivity contribution < 1.29 is 19.1 Å². The fraction of sp³-hybridized carbons (Fsp3) is 0.493. The van der Waals surface area contributed by atoms with Crippen molar-refractivity contribution in [3.63, 3.8) is 0 Å². The van der Waals surface area contributed by atoms with Crippen molar-refractivity contribution in [1.29, 1.82) is 0 Å². The summed E-state index contributed by atoms with van der Waals surface area (Å²) in [7, 11) is 0. The smallest absolute Gasteiger partial charge is 0.323 e. The van der Waals surface area contributed by atoms with Gasteiger partial charge in [-0.05, 0) is 125 Å². The van der Waals surface area contributed by atoms with Gasteiger partial charge in [-0.3, -0.25) is 25.5 Å². The quantitative estimate of drug-likeness (QED) is 0.0118. The fourth-order valence-corrected chi connectivity index (χ4v) is 17.6. The van der Waals surface area contributed by atoms with Gasteiger partial charge in [0, 0.05) is 51.6 Å². The van der Waals surface area contributed by atoms with Gasteiger partial charge in [0.25, 0.3) is 0 Å². The number of hydrogen-bond acceptors (Lipinski definition) is 15. The first kappa shape index (κ1) is 68.2. The summed E-state index contributed by atoms with van der Waals surface area (Å²) >= 11 is 19.3. The van der Waals surface area contributed by atoms with Crippen LogP contribution < -0.4 is 21.7 Å². The number of carbonyl (C=O) groups excluding carboxylic acids is 2. The Morgan fingerprint density at radius 1 is 0.793 bits per heavy atom. The van der Waals surface area contributed by atoms with E-state index in [0.717, 1.165) is 79.6 Å². The van der Waals surface area contributed by atoms with Crippen molar-refractivity contribution in [1.82, 2.24) is 16.0 Å². The number of nitrogens with two attached hydrogens (primary N) is 1. The van der Waals surface area contributed by atoms with Gasteiger partial charge in [-0.25, -0.2) is 0 Å². The van der Waals surface area contributed by atoms with E-state index < -0.39 is 21.9 Å². The van der Waals surface area contributed by atoms with E-state index in [0.29, 0.717) is 24.5 Å². The minimum atomic E-state index is -0.683. The van der Waals surface area contributed by atoms with Crippen molar-refractivity contribution in [3.8, 4) is 0 Å². The zero-order valence-electron chi connectivity index (χ0n) is 49.4. The van der Waals surface area contributed by atoms with Crippen molar-refractivity contribution in [2.24, 2.45) is 5.73 Å². The molecule has 5 aromatic rings. The first-order valence-corrected chi connectivity index (χ1v) is 35.7. The molecule has 0 amide bonds. The van der Waals surface area contributed by atoms with Crippen LogP contribution in [0.15, 0.2) is 152 Å². The molecular formula is C67H92N4O4S7. The minimum absolute atomic E-state index is 0.0189. The maximum atomic E-state index is 15.2. The standard InChI is InChI=1S/C60H84N4O4S7.C7H8/c1-7-23-46(48-33-22-21-24-42(48)2)36-51(58(66)67-47-31-19-8-9-20-32-47)63-57(74-53(38-69)44-27-15-11-16-28-44)49(34-35-71-6)62-56(72-39-52(70)43-25-13-10-14-26-43)50(37-55(65)68-59(3,4)5)64-60(41-61)73-40-54(75-60)45-29-17-12-18-30-45;1-7-5-3-2-4-6-7/h10-18,21-30,33,47,49-54,56-57,62-64,69-70H,7-9,19-20,31-32,34-41,61H2,1-6H3;2-6H,1H3/b46-23-;/t49-,50-,51-,52?,53?,54?,56?,57?,60+;/m0./s1. The number of esters is 2. The monoisotopic (exact) mass is 1240 g/mol. The number of hydrogen-bond donors (Lipinski definition) is 6. The summed E-state index contributed by atoms with van der Waals surface area (Å²) < 4.78 is 12.2. The summed E-state index contributed by atoms with van der Waals surface area (Å²) in [4.78, 5) is 29.6. The molecule has 2 aliphatic rings. The SMILES string of the molecule is CC/C=C(/C[C@H](NC(SC(CS)c1ccccc1)[C@H](CCSC)NC(SCC(S)c1ccccc1)[C@H](CC(=O)OC(C)(C)C)N[C@]1(CN)SCC(c2ccccc2)S1)C(=O)OC1CCCCCC1)c1ccccc1C.Cc1ccccc1. The van der Waals surface area contributed by atoms with E-state index in [1.165, 1.54) is 22.3 Å². The topological polar surface area (TPSA) is 115 Å². The van der Waals surface area contributed by atoms with Gasteiger partial charge in [-0.1, -0.05) is 177 Å². The Kier molecular flexibility index (Phi) is 30.2. The molecule has 0 bridgehead atoms. The van der Waals surface area contributed by atoms with Gasteiger partial charge >= 0.3 is 11.9 Å². The summed E-state index contributed by atoms with van der Waals surface area (Å²) in [6, 6.07) is 49.0. The third kappa shape index (κ3) is 23.1. The minimum Gasteiger partial charge on any atom is -0.461 e. The predicted octanol–water partition coefficient (Wildman–Crippen LogP) is 16.1. The average molecular weight is 1240 g/mol. The van der Waals surface area contributed by atoms with E-state index in [-0.39, 0.29) is 57.0 Å². The van der Waals surface area contributed by atoms with Crippen LogP contribution in [0.5, 0.6) is 0 Å². The van der Waals surface area contributed by atoms with Crippen LogP contribution in [0, 0.1) is 13.8 Å². The van der Waals surface area contributed by atoms with E-state index in [1.54, 1.807) is 23.5 Å². The maximum absolute atomic E-state index is 15.2. The number of benzene rings is 5. The van der Waals surface area contributed by atoms with Crippen LogP contribution in [0.1, 0.15) is 141 Å². The third-order valence-electron chi connectivity index (χ3n) is 14.5. The number of carbonyl (C=O) groups is 2.